The maximum absolute atomic E-state index is 13.1. The van der Waals surface area contributed by atoms with Crippen LogP contribution in [0.1, 0.15) is 29.6 Å². The number of aliphatic hydroxyl groups excluding tert-OH is 1. The van der Waals surface area contributed by atoms with Gasteiger partial charge in [-0.2, -0.15) is 0 Å². The second-order valence-corrected chi connectivity index (χ2v) is 6.17. The van der Waals surface area contributed by atoms with E-state index in [4.69, 9.17) is 16.0 Å². The van der Waals surface area contributed by atoms with Crippen molar-refractivity contribution in [2.45, 2.75) is 25.9 Å². The van der Waals surface area contributed by atoms with Crippen LogP contribution in [0.2, 0.25) is 5.02 Å². The molecule has 130 valence electrons. The Morgan fingerprint density at radius 2 is 2.12 bits per heavy atom. The molecular weight excluding hydrogens is 340 g/mol. The lowest BCUT2D eigenvalue weighted by Gasteiger charge is -2.29. The van der Waals surface area contributed by atoms with E-state index in [1.807, 2.05) is 25.1 Å². The van der Waals surface area contributed by atoms with Crippen LogP contribution in [0.5, 0.6) is 0 Å². The number of para-hydroxylation sites is 1. The van der Waals surface area contributed by atoms with Gasteiger partial charge in [-0.3, -0.25) is 4.79 Å². The number of rotatable bonds is 6. The third-order valence-electron chi connectivity index (χ3n) is 4.18. The number of fused-ring (bicyclic) bond motifs is 1. The molecule has 0 bridgehead atoms. The SMILES string of the molecule is CC[C@@H](CO)N(Cc1ccco1)C(=O)c1ccc2cccc(Cl)c2n1. The average molecular weight is 359 g/mol. The van der Waals surface area contributed by atoms with Crippen LogP contribution in [-0.4, -0.2) is 33.5 Å². The minimum atomic E-state index is -0.318. The van der Waals surface area contributed by atoms with Gasteiger partial charge in [0.1, 0.15) is 11.5 Å². The van der Waals surface area contributed by atoms with Crippen molar-refractivity contribution < 1.29 is 14.3 Å². The number of furan rings is 1. The third kappa shape index (κ3) is 3.67. The molecule has 0 fully saturated rings. The van der Waals surface area contributed by atoms with Crippen molar-refractivity contribution in [3.05, 3.63) is 65.2 Å². The summed E-state index contributed by atoms with van der Waals surface area (Å²) in [5.74, 6) is 0.387. The molecule has 3 aromatic rings. The van der Waals surface area contributed by atoms with Crippen LogP contribution in [0.4, 0.5) is 0 Å². The molecule has 25 heavy (non-hydrogen) atoms. The zero-order valence-corrected chi connectivity index (χ0v) is 14.6. The van der Waals surface area contributed by atoms with Crippen LogP contribution in [0.25, 0.3) is 10.9 Å². The molecule has 1 aromatic carbocycles. The number of carbonyl (C=O) groups is 1. The maximum Gasteiger partial charge on any atom is 0.273 e. The van der Waals surface area contributed by atoms with Gasteiger partial charge in [-0.15, -0.1) is 0 Å². The van der Waals surface area contributed by atoms with E-state index in [1.54, 1.807) is 35.4 Å². The van der Waals surface area contributed by atoms with Crippen LogP contribution < -0.4 is 0 Å². The Morgan fingerprint density at radius 3 is 2.80 bits per heavy atom. The van der Waals surface area contributed by atoms with Gasteiger partial charge in [0.25, 0.3) is 5.91 Å². The topological polar surface area (TPSA) is 66.6 Å². The largest absolute Gasteiger partial charge is 0.467 e. The first kappa shape index (κ1) is 17.5. The second kappa shape index (κ2) is 7.68. The van der Waals surface area contributed by atoms with Crippen molar-refractivity contribution in [3.8, 4) is 0 Å². The lowest BCUT2D eigenvalue weighted by molar-refractivity contribution is 0.0539. The molecule has 1 amide bonds. The van der Waals surface area contributed by atoms with E-state index >= 15 is 0 Å². The number of carbonyl (C=O) groups excluding carboxylic acids is 1. The van der Waals surface area contributed by atoms with E-state index in [9.17, 15) is 9.90 Å². The summed E-state index contributed by atoms with van der Waals surface area (Å²) in [6.07, 6.45) is 2.18. The summed E-state index contributed by atoms with van der Waals surface area (Å²) in [6, 6.07) is 12.2. The zero-order chi connectivity index (χ0) is 17.8. The summed E-state index contributed by atoms with van der Waals surface area (Å²) >= 11 is 6.20. The summed E-state index contributed by atoms with van der Waals surface area (Å²) in [5, 5.41) is 11.0. The molecule has 3 rings (SSSR count). The molecule has 2 aromatic heterocycles. The fourth-order valence-electron chi connectivity index (χ4n) is 2.76. The van der Waals surface area contributed by atoms with E-state index < -0.39 is 0 Å². The quantitative estimate of drug-likeness (QED) is 0.725. The number of aromatic nitrogens is 1. The highest BCUT2D eigenvalue weighted by Crippen LogP contribution is 2.23. The summed E-state index contributed by atoms with van der Waals surface area (Å²) in [7, 11) is 0. The van der Waals surface area contributed by atoms with Crippen molar-refractivity contribution in [2.24, 2.45) is 0 Å². The zero-order valence-electron chi connectivity index (χ0n) is 13.9. The number of aliphatic hydroxyl groups is 1. The van der Waals surface area contributed by atoms with Crippen molar-refractivity contribution >= 4 is 28.4 Å². The Balaban J connectivity index is 1.97. The molecule has 1 N–H and O–H groups in total. The van der Waals surface area contributed by atoms with Crippen molar-refractivity contribution in [1.82, 2.24) is 9.88 Å². The number of amides is 1. The molecule has 0 saturated heterocycles. The molecule has 0 radical (unpaired) electrons. The number of hydrogen-bond acceptors (Lipinski definition) is 4. The highest BCUT2D eigenvalue weighted by atomic mass is 35.5. The van der Waals surface area contributed by atoms with Crippen molar-refractivity contribution in [1.29, 1.82) is 0 Å². The molecule has 6 heteroatoms. The Kier molecular flexibility index (Phi) is 5.36. The summed E-state index contributed by atoms with van der Waals surface area (Å²) in [4.78, 5) is 19.1. The minimum absolute atomic E-state index is 0.128. The predicted molar refractivity (Wildman–Crippen MR) is 96.5 cm³/mol. The Hall–Kier alpha value is -2.37. The van der Waals surface area contributed by atoms with Gasteiger partial charge < -0.3 is 14.4 Å². The van der Waals surface area contributed by atoms with E-state index in [2.05, 4.69) is 4.98 Å². The average Bonchev–Trinajstić information content (AvgIpc) is 3.14. The molecule has 0 spiro atoms. The van der Waals surface area contributed by atoms with E-state index in [1.165, 1.54) is 0 Å². The van der Waals surface area contributed by atoms with Crippen LogP contribution in [-0.2, 0) is 6.54 Å². The summed E-state index contributed by atoms with van der Waals surface area (Å²) < 4.78 is 5.36. The molecule has 5 nitrogen and oxygen atoms in total. The van der Waals surface area contributed by atoms with Crippen molar-refractivity contribution in [3.63, 3.8) is 0 Å². The van der Waals surface area contributed by atoms with Gasteiger partial charge in [0.2, 0.25) is 0 Å². The van der Waals surface area contributed by atoms with Crippen LogP contribution >= 0.6 is 11.6 Å². The van der Waals surface area contributed by atoms with Gasteiger partial charge in [0, 0.05) is 5.39 Å². The van der Waals surface area contributed by atoms with Crippen LogP contribution in [0.15, 0.2) is 53.1 Å². The molecule has 0 aliphatic carbocycles. The smallest absolute Gasteiger partial charge is 0.273 e. The van der Waals surface area contributed by atoms with Gasteiger partial charge in [0.05, 0.1) is 36.0 Å². The fraction of sp³-hybridized carbons (Fsp3) is 0.263. The van der Waals surface area contributed by atoms with Gasteiger partial charge in [-0.25, -0.2) is 4.98 Å². The first-order valence-electron chi connectivity index (χ1n) is 8.13. The molecule has 0 saturated carbocycles. The number of hydrogen-bond donors (Lipinski definition) is 1. The first-order valence-corrected chi connectivity index (χ1v) is 8.51. The Bertz CT molecular complexity index is 860. The first-order chi connectivity index (χ1) is 12.1. The molecule has 0 aliphatic rings. The molecular formula is C19H19ClN2O3. The minimum Gasteiger partial charge on any atom is -0.467 e. The predicted octanol–water partition coefficient (Wildman–Crippen LogP) is 3.89. The maximum atomic E-state index is 13.1. The van der Waals surface area contributed by atoms with Crippen molar-refractivity contribution in [2.75, 3.05) is 6.61 Å². The normalized spacial score (nSPS) is 12.3. The molecule has 0 aliphatic heterocycles. The molecule has 2 heterocycles. The lowest BCUT2D eigenvalue weighted by atomic mass is 10.1. The van der Waals surface area contributed by atoms with Gasteiger partial charge >= 0.3 is 0 Å². The standard InChI is InChI=1S/C19H19ClN2O3/c1-2-14(12-23)22(11-15-6-4-10-25-15)19(24)17-9-8-13-5-3-7-16(20)18(13)21-17/h3-10,14,23H,2,11-12H2,1H3/t14-/m0/s1. The summed E-state index contributed by atoms with van der Waals surface area (Å²) in [5.41, 5.74) is 0.879. The number of nitrogens with zero attached hydrogens (tertiary/aromatic N) is 2. The van der Waals surface area contributed by atoms with E-state index in [-0.39, 0.29) is 25.1 Å². The molecule has 1 atom stereocenters. The highest BCUT2D eigenvalue weighted by molar-refractivity contribution is 6.35. The second-order valence-electron chi connectivity index (χ2n) is 5.77. The Morgan fingerprint density at radius 1 is 1.28 bits per heavy atom. The van der Waals surface area contributed by atoms with Crippen LogP contribution in [0, 0.1) is 0 Å². The number of halogens is 1. The number of benzene rings is 1. The monoisotopic (exact) mass is 358 g/mol. The Labute approximate surface area is 150 Å². The summed E-state index contributed by atoms with van der Waals surface area (Å²) in [6.45, 7) is 2.07. The lowest BCUT2D eigenvalue weighted by Crippen LogP contribution is -2.42. The van der Waals surface area contributed by atoms with E-state index in [0.717, 1.165) is 5.39 Å². The molecule has 0 unspecified atom stereocenters. The fourth-order valence-corrected chi connectivity index (χ4v) is 2.99. The van der Waals surface area contributed by atoms with Gasteiger partial charge in [-0.05, 0) is 30.7 Å². The van der Waals surface area contributed by atoms with Gasteiger partial charge in [-0.1, -0.05) is 36.7 Å². The highest BCUT2D eigenvalue weighted by Gasteiger charge is 2.25. The number of pyridine rings is 1. The van der Waals surface area contributed by atoms with Crippen LogP contribution in [0.3, 0.4) is 0 Å². The van der Waals surface area contributed by atoms with E-state index in [0.29, 0.717) is 28.4 Å². The third-order valence-corrected chi connectivity index (χ3v) is 4.49. The van der Waals surface area contributed by atoms with Gasteiger partial charge in [0.15, 0.2) is 0 Å².